The fourth-order valence-electron chi connectivity index (χ4n) is 2.47. The molecular weight excluding hydrogens is 212 g/mol. The summed E-state index contributed by atoms with van der Waals surface area (Å²) in [6.07, 6.45) is 3.78. The van der Waals surface area contributed by atoms with E-state index in [9.17, 15) is 0 Å². The van der Waals surface area contributed by atoms with Gasteiger partial charge in [-0.15, -0.1) is 0 Å². The molecule has 0 aliphatic carbocycles. The fourth-order valence-corrected chi connectivity index (χ4v) is 2.47. The summed E-state index contributed by atoms with van der Waals surface area (Å²) in [5, 5.41) is 4.54. The van der Waals surface area contributed by atoms with E-state index in [0.29, 0.717) is 6.04 Å². The molecule has 0 unspecified atom stereocenters. The van der Waals surface area contributed by atoms with Gasteiger partial charge in [0, 0.05) is 41.8 Å². The Hall–Kier alpha value is -1.97. The smallest absolute Gasteiger partial charge is 0.139 e. The molecule has 4 heteroatoms. The average Bonchev–Trinajstić information content (AvgIpc) is 2.75. The van der Waals surface area contributed by atoms with E-state index in [4.69, 9.17) is 0 Å². The first kappa shape index (κ1) is 10.2. The first-order valence-electron chi connectivity index (χ1n) is 5.85. The van der Waals surface area contributed by atoms with Gasteiger partial charge in [-0.25, -0.2) is 4.98 Å². The normalized spacial score (nSPS) is 20.6. The topological polar surface area (TPSA) is 44.0 Å². The van der Waals surface area contributed by atoms with E-state index in [-0.39, 0.29) is 0 Å². The molecule has 2 N–H and O–H groups in total. The third kappa shape index (κ3) is 1.75. The Kier molecular flexibility index (Phi) is 2.28. The largest absolute Gasteiger partial charge is 0.383 e. The van der Waals surface area contributed by atoms with Crippen molar-refractivity contribution in [3.8, 4) is 0 Å². The minimum Gasteiger partial charge on any atom is -0.383 e. The number of rotatable bonds is 1. The van der Waals surface area contributed by atoms with Crippen LogP contribution >= 0.6 is 0 Å². The Morgan fingerprint density at radius 1 is 1.47 bits per heavy atom. The summed E-state index contributed by atoms with van der Waals surface area (Å²) in [6, 6.07) is 4.58. The number of fused-ring (bicyclic) bond motifs is 1. The first-order valence-corrected chi connectivity index (χ1v) is 5.85. The van der Waals surface area contributed by atoms with Crippen molar-refractivity contribution in [2.75, 3.05) is 18.0 Å². The number of anilines is 1. The lowest BCUT2D eigenvalue weighted by atomic mass is 10.1. The third-order valence-corrected chi connectivity index (χ3v) is 3.10. The minimum atomic E-state index is 0.429. The van der Waals surface area contributed by atoms with Gasteiger partial charge < -0.3 is 15.2 Å². The third-order valence-electron chi connectivity index (χ3n) is 3.10. The van der Waals surface area contributed by atoms with Gasteiger partial charge in [-0.2, -0.15) is 0 Å². The number of hydrogen-bond acceptors (Lipinski definition) is 3. The zero-order chi connectivity index (χ0) is 11.8. The van der Waals surface area contributed by atoms with Crippen LogP contribution in [0.25, 0.3) is 11.0 Å². The Labute approximate surface area is 100 Å². The summed E-state index contributed by atoms with van der Waals surface area (Å²) in [5.74, 6) is 0. The highest BCUT2D eigenvalue weighted by Gasteiger charge is 2.19. The second kappa shape index (κ2) is 3.80. The highest BCUT2D eigenvalue weighted by atomic mass is 15.2. The summed E-state index contributed by atoms with van der Waals surface area (Å²) in [5.41, 5.74) is 3.24. The van der Waals surface area contributed by atoms with Crippen molar-refractivity contribution in [2.24, 2.45) is 0 Å². The Morgan fingerprint density at radius 2 is 2.35 bits per heavy atom. The maximum atomic E-state index is 4.31. The monoisotopic (exact) mass is 228 g/mol. The number of nitrogens with zero attached hydrogens (tertiary/aromatic N) is 2. The molecule has 0 spiro atoms. The van der Waals surface area contributed by atoms with Crippen molar-refractivity contribution in [1.29, 1.82) is 0 Å². The van der Waals surface area contributed by atoms with Gasteiger partial charge in [0.05, 0.1) is 6.54 Å². The summed E-state index contributed by atoms with van der Waals surface area (Å²) < 4.78 is 0. The second-order valence-corrected chi connectivity index (χ2v) is 4.60. The zero-order valence-corrected chi connectivity index (χ0v) is 9.90. The molecule has 2 aromatic heterocycles. The summed E-state index contributed by atoms with van der Waals surface area (Å²) in [4.78, 5) is 9.81. The number of H-pyrrole nitrogens is 1. The SMILES string of the molecule is C=C1CN(c2ccnc3[nH]ccc23)C[C@H](C)N1. The van der Waals surface area contributed by atoms with E-state index in [1.54, 1.807) is 0 Å². The molecule has 1 saturated heterocycles. The number of piperazine rings is 1. The van der Waals surface area contributed by atoms with Crippen LogP contribution in [0.15, 0.2) is 36.8 Å². The van der Waals surface area contributed by atoms with Crippen LogP contribution in [0.5, 0.6) is 0 Å². The Morgan fingerprint density at radius 3 is 3.18 bits per heavy atom. The van der Waals surface area contributed by atoms with Crippen LogP contribution in [-0.2, 0) is 0 Å². The molecule has 2 aromatic rings. The predicted octanol–water partition coefficient (Wildman–Crippen LogP) is 1.87. The van der Waals surface area contributed by atoms with Gasteiger partial charge in [-0.3, -0.25) is 0 Å². The lowest BCUT2D eigenvalue weighted by molar-refractivity contribution is 0.542. The molecule has 0 bridgehead atoms. The van der Waals surface area contributed by atoms with Crippen LogP contribution in [0, 0.1) is 0 Å². The quantitative estimate of drug-likeness (QED) is 0.783. The van der Waals surface area contributed by atoms with E-state index < -0.39 is 0 Å². The van der Waals surface area contributed by atoms with E-state index >= 15 is 0 Å². The molecule has 0 radical (unpaired) electrons. The highest BCUT2D eigenvalue weighted by molar-refractivity contribution is 5.89. The van der Waals surface area contributed by atoms with Crippen LogP contribution in [0.2, 0.25) is 0 Å². The van der Waals surface area contributed by atoms with Gasteiger partial charge in [0.1, 0.15) is 5.65 Å². The van der Waals surface area contributed by atoms with Gasteiger partial charge >= 0.3 is 0 Å². The van der Waals surface area contributed by atoms with Gasteiger partial charge in [-0.1, -0.05) is 6.58 Å². The predicted molar refractivity (Wildman–Crippen MR) is 70.0 cm³/mol. The van der Waals surface area contributed by atoms with Crippen molar-refractivity contribution in [1.82, 2.24) is 15.3 Å². The molecule has 17 heavy (non-hydrogen) atoms. The highest BCUT2D eigenvalue weighted by Crippen LogP contribution is 2.26. The minimum absolute atomic E-state index is 0.429. The molecule has 0 saturated carbocycles. The standard InChI is InChI=1S/C13H16N4/c1-9-7-17(8-10(2)16-9)12-4-6-15-13-11(12)3-5-14-13/h3-6,10,16H,1,7-8H2,2H3,(H,14,15)/t10-/m0/s1. The number of hydrogen-bond donors (Lipinski definition) is 2. The Balaban J connectivity index is 2.03. The number of aromatic amines is 1. The van der Waals surface area contributed by atoms with Crippen molar-refractivity contribution < 1.29 is 0 Å². The summed E-state index contributed by atoms with van der Waals surface area (Å²) >= 11 is 0. The average molecular weight is 228 g/mol. The lowest BCUT2D eigenvalue weighted by Crippen LogP contribution is -2.47. The van der Waals surface area contributed by atoms with Crippen LogP contribution in [0.4, 0.5) is 5.69 Å². The number of aromatic nitrogens is 2. The van der Waals surface area contributed by atoms with E-state index in [1.807, 2.05) is 12.4 Å². The van der Waals surface area contributed by atoms with Crippen molar-refractivity contribution in [2.45, 2.75) is 13.0 Å². The molecule has 4 nitrogen and oxygen atoms in total. The maximum absolute atomic E-state index is 4.31. The van der Waals surface area contributed by atoms with Crippen LogP contribution < -0.4 is 10.2 Å². The summed E-state index contributed by atoms with van der Waals surface area (Å²) in [6.45, 7) is 8.05. The molecule has 3 heterocycles. The molecule has 1 aliphatic heterocycles. The second-order valence-electron chi connectivity index (χ2n) is 4.60. The molecule has 1 fully saturated rings. The van der Waals surface area contributed by atoms with E-state index in [0.717, 1.165) is 24.4 Å². The van der Waals surface area contributed by atoms with Gasteiger partial charge in [-0.05, 0) is 19.1 Å². The van der Waals surface area contributed by atoms with E-state index in [2.05, 4.69) is 45.8 Å². The number of pyridine rings is 1. The maximum Gasteiger partial charge on any atom is 0.139 e. The van der Waals surface area contributed by atoms with Crippen LogP contribution in [0.3, 0.4) is 0 Å². The molecule has 3 rings (SSSR count). The molecule has 0 aromatic carbocycles. The molecule has 1 atom stereocenters. The summed E-state index contributed by atoms with van der Waals surface area (Å²) in [7, 11) is 0. The van der Waals surface area contributed by atoms with Crippen LogP contribution in [0.1, 0.15) is 6.92 Å². The molecule has 88 valence electrons. The van der Waals surface area contributed by atoms with Gasteiger partial charge in [0.25, 0.3) is 0 Å². The Bertz CT molecular complexity index is 557. The van der Waals surface area contributed by atoms with Crippen LogP contribution in [-0.4, -0.2) is 29.1 Å². The van der Waals surface area contributed by atoms with Crippen molar-refractivity contribution >= 4 is 16.7 Å². The first-order chi connectivity index (χ1) is 8.24. The number of nitrogens with one attached hydrogen (secondary N) is 2. The van der Waals surface area contributed by atoms with Crippen molar-refractivity contribution in [3.05, 3.63) is 36.8 Å². The van der Waals surface area contributed by atoms with E-state index in [1.165, 1.54) is 11.1 Å². The molecule has 1 aliphatic rings. The van der Waals surface area contributed by atoms with Gasteiger partial charge in [0.2, 0.25) is 0 Å². The lowest BCUT2D eigenvalue weighted by Gasteiger charge is -2.35. The van der Waals surface area contributed by atoms with Crippen molar-refractivity contribution in [3.63, 3.8) is 0 Å². The zero-order valence-electron chi connectivity index (χ0n) is 9.90. The van der Waals surface area contributed by atoms with Gasteiger partial charge in [0.15, 0.2) is 0 Å². The molecule has 0 amide bonds. The fraction of sp³-hybridized carbons (Fsp3) is 0.308. The molecular formula is C13H16N4.